The molecule has 1 atom stereocenters. The Kier molecular flexibility index (Phi) is 5.15. The molecule has 1 aromatic carbocycles. The molecule has 0 spiro atoms. The second kappa shape index (κ2) is 6.94. The fourth-order valence-electron chi connectivity index (χ4n) is 3.02. The summed E-state index contributed by atoms with van der Waals surface area (Å²) < 4.78 is 50.1. The van der Waals surface area contributed by atoms with Gasteiger partial charge in [0.05, 0.1) is 4.90 Å². The lowest BCUT2D eigenvalue weighted by atomic mass is 10.0. The van der Waals surface area contributed by atoms with Crippen LogP contribution in [0.4, 0.5) is 5.00 Å². The number of rotatable bonds is 4. The highest BCUT2D eigenvalue weighted by Crippen LogP contribution is 2.38. The highest BCUT2D eigenvalue weighted by molar-refractivity contribution is 7.93. The molecular weight excluding hydrogens is 392 g/mol. The zero-order chi connectivity index (χ0) is 19.1. The van der Waals surface area contributed by atoms with Crippen LogP contribution in [-0.2, 0) is 19.7 Å². The van der Waals surface area contributed by atoms with E-state index < -0.39 is 19.7 Å². The minimum atomic E-state index is -3.90. The van der Waals surface area contributed by atoms with Crippen LogP contribution in [0.3, 0.4) is 0 Å². The normalized spacial score (nSPS) is 18.9. The van der Waals surface area contributed by atoms with Crippen molar-refractivity contribution >= 4 is 36.0 Å². The summed E-state index contributed by atoms with van der Waals surface area (Å²) in [7, 11) is -7.49. The Balaban J connectivity index is 2.15. The molecule has 9 heteroatoms. The quantitative estimate of drug-likeness (QED) is 0.765. The molecule has 1 aromatic heterocycles. The van der Waals surface area contributed by atoms with Gasteiger partial charge in [0, 0.05) is 19.3 Å². The molecule has 142 valence electrons. The summed E-state index contributed by atoms with van der Waals surface area (Å²) in [6.07, 6.45) is 3.07. The van der Waals surface area contributed by atoms with Gasteiger partial charge in [-0.3, -0.25) is 0 Å². The van der Waals surface area contributed by atoms with E-state index in [0.717, 1.165) is 36.0 Å². The van der Waals surface area contributed by atoms with Crippen LogP contribution in [0.2, 0.25) is 0 Å². The van der Waals surface area contributed by atoms with Crippen molar-refractivity contribution in [2.45, 2.75) is 41.0 Å². The van der Waals surface area contributed by atoms with Crippen LogP contribution < -0.4 is 4.90 Å². The number of nitrogens with zero attached hydrogens (tertiary/aromatic N) is 2. The standard InChI is InChI=1S/C17H22N2O4S3/c1-12-6-8-14(9-7-12)26(22,23)15-16(19-10-4-5-13(2)11-19)24-17(18-15)25(3,20)21/h6-9,13H,4-5,10-11H2,1-3H3/t13-/m1/s1. The van der Waals surface area contributed by atoms with Crippen molar-refractivity contribution in [1.82, 2.24) is 4.98 Å². The summed E-state index contributed by atoms with van der Waals surface area (Å²) in [6, 6.07) is 6.51. The van der Waals surface area contributed by atoms with E-state index >= 15 is 0 Å². The molecule has 0 saturated carbocycles. The first-order valence-electron chi connectivity index (χ1n) is 8.36. The Hall–Kier alpha value is -1.45. The fourth-order valence-corrected chi connectivity index (χ4v) is 6.70. The van der Waals surface area contributed by atoms with Gasteiger partial charge < -0.3 is 4.90 Å². The largest absolute Gasteiger partial charge is 0.361 e. The van der Waals surface area contributed by atoms with Crippen molar-refractivity contribution in [2.75, 3.05) is 24.2 Å². The molecule has 0 amide bonds. The van der Waals surface area contributed by atoms with Gasteiger partial charge in [0.1, 0.15) is 5.00 Å². The maximum atomic E-state index is 13.2. The summed E-state index contributed by atoms with van der Waals surface area (Å²) in [5.74, 6) is 0.419. The topological polar surface area (TPSA) is 84.4 Å². The predicted molar refractivity (Wildman–Crippen MR) is 102 cm³/mol. The lowest BCUT2D eigenvalue weighted by Crippen LogP contribution is -2.34. The van der Waals surface area contributed by atoms with Crippen LogP contribution >= 0.6 is 11.3 Å². The Morgan fingerprint density at radius 3 is 2.38 bits per heavy atom. The second-order valence-corrected chi connectivity index (χ2v) is 11.9. The minimum Gasteiger partial charge on any atom is -0.361 e. The van der Waals surface area contributed by atoms with E-state index in [2.05, 4.69) is 11.9 Å². The number of benzene rings is 1. The van der Waals surface area contributed by atoms with Crippen molar-refractivity contribution in [3.63, 3.8) is 0 Å². The SMILES string of the molecule is Cc1ccc(S(=O)(=O)c2nc(S(C)(=O)=O)sc2N2CCC[C@@H](C)C2)cc1. The fraction of sp³-hybridized carbons (Fsp3) is 0.471. The zero-order valence-corrected chi connectivity index (χ0v) is 17.4. The van der Waals surface area contributed by atoms with Gasteiger partial charge in [0.15, 0.2) is 5.03 Å². The van der Waals surface area contributed by atoms with Crippen molar-refractivity contribution in [2.24, 2.45) is 5.92 Å². The minimum absolute atomic E-state index is 0.125. The number of thiazole rings is 1. The first kappa shape index (κ1) is 19.3. The van der Waals surface area contributed by atoms with Crippen LogP contribution in [0, 0.1) is 12.8 Å². The van der Waals surface area contributed by atoms with Gasteiger partial charge in [-0.1, -0.05) is 36.0 Å². The molecule has 0 N–H and O–H groups in total. The third kappa shape index (κ3) is 3.79. The van der Waals surface area contributed by atoms with E-state index in [1.165, 1.54) is 12.1 Å². The molecule has 0 radical (unpaired) electrons. The lowest BCUT2D eigenvalue weighted by molar-refractivity contribution is 0.446. The Morgan fingerprint density at radius 2 is 1.81 bits per heavy atom. The Labute approximate surface area is 158 Å². The lowest BCUT2D eigenvalue weighted by Gasteiger charge is -2.31. The molecule has 0 unspecified atom stereocenters. The monoisotopic (exact) mass is 414 g/mol. The summed E-state index contributed by atoms with van der Waals surface area (Å²) in [5, 5.41) is 0.276. The molecule has 1 aliphatic rings. The molecule has 1 aliphatic heterocycles. The van der Waals surface area contributed by atoms with Crippen LogP contribution in [0.1, 0.15) is 25.3 Å². The molecule has 2 heterocycles. The van der Waals surface area contributed by atoms with Crippen molar-refractivity contribution in [3.8, 4) is 0 Å². The molecule has 3 rings (SSSR count). The molecule has 0 aliphatic carbocycles. The first-order chi connectivity index (χ1) is 12.1. The Bertz CT molecular complexity index is 1010. The number of aromatic nitrogens is 1. The van der Waals surface area contributed by atoms with Gasteiger partial charge in [0.2, 0.25) is 24.0 Å². The van der Waals surface area contributed by atoms with E-state index in [-0.39, 0.29) is 14.3 Å². The average Bonchev–Trinajstić information content (AvgIpc) is 3.01. The molecular formula is C17H22N2O4S3. The van der Waals surface area contributed by atoms with Crippen molar-refractivity contribution in [3.05, 3.63) is 29.8 Å². The van der Waals surface area contributed by atoms with Gasteiger partial charge in [-0.25, -0.2) is 21.8 Å². The average molecular weight is 415 g/mol. The summed E-state index contributed by atoms with van der Waals surface area (Å²) in [5.41, 5.74) is 0.948. The molecule has 26 heavy (non-hydrogen) atoms. The highest BCUT2D eigenvalue weighted by atomic mass is 32.2. The Morgan fingerprint density at radius 1 is 1.15 bits per heavy atom. The molecule has 2 aromatic rings. The van der Waals surface area contributed by atoms with Gasteiger partial charge >= 0.3 is 0 Å². The summed E-state index contributed by atoms with van der Waals surface area (Å²) >= 11 is 0.947. The smallest absolute Gasteiger partial charge is 0.226 e. The molecule has 0 bridgehead atoms. The van der Waals surface area contributed by atoms with E-state index in [1.54, 1.807) is 12.1 Å². The number of hydrogen-bond acceptors (Lipinski definition) is 7. The summed E-state index contributed by atoms with van der Waals surface area (Å²) in [4.78, 5) is 6.14. The third-order valence-electron chi connectivity index (χ3n) is 4.41. The van der Waals surface area contributed by atoms with Crippen molar-refractivity contribution in [1.29, 1.82) is 0 Å². The number of aryl methyl sites for hydroxylation is 1. The van der Waals surface area contributed by atoms with Gasteiger partial charge in [-0.15, -0.1) is 0 Å². The zero-order valence-electron chi connectivity index (χ0n) is 15.0. The van der Waals surface area contributed by atoms with Crippen LogP contribution in [0.15, 0.2) is 38.5 Å². The van der Waals surface area contributed by atoms with Crippen LogP contribution in [0.25, 0.3) is 0 Å². The molecule has 1 saturated heterocycles. The number of sulfone groups is 2. The van der Waals surface area contributed by atoms with E-state index in [0.29, 0.717) is 24.0 Å². The first-order valence-corrected chi connectivity index (χ1v) is 12.6. The van der Waals surface area contributed by atoms with E-state index in [1.807, 2.05) is 11.8 Å². The molecule has 6 nitrogen and oxygen atoms in total. The maximum Gasteiger partial charge on any atom is 0.226 e. The maximum absolute atomic E-state index is 13.2. The van der Waals surface area contributed by atoms with E-state index in [4.69, 9.17) is 0 Å². The van der Waals surface area contributed by atoms with Crippen LogP contribution in [0.5, 0.6) is 0 Å². The third-order valence-corrected chi connectivity index (χ3v) is 9.02. The number of hydrogen-bond donors (Lipinski definition) is 0. The number of anilines is 1. The van der Waals surface area contributed by atoms with Gasteiger partial charge in [0.25, 0.3) is 0 Å². The predicted octanol–water partition coefficient (Wildman–Crippen LogP) is 2.92. The van der Waals surface area contributed by atoms with Crippen molar-refractivity contribution < 1.29 is 16.8 Å². The second-order valence-electron chi connectivity index (χ2n) is 6.87. The van der Waals surface area contributed by atoms with Gasteiger partial charge in [-0.2, -0.15) is 0 Å². The van der Waals surface area contributed by atoms with Gasteiger partial charge in [-0.05, 0) is 37.8 Å². The van der Waals surface area contributed by atoms with E-state index in [9.17, 15) is 16.8 Å². The highest BCUT2D eigenvalue weighted by Gasteiger charge is 2.32. The molecule has 1 fully saturated rings. The van der Waals surface area contributed by atoms with Crippen LogP contribution in [-0.4, -0.2) is 41.2 Å². The summed E-state index contributed by atoms with van der Waals surface area (Å²) in [6.45, 7) is 5.38. The number of piperidine rings is 1.